The fraction of sp³-hybridized carbons (Fsp3) is 0.200. The van der Waals surface area contributed by atoms with Crippen molar-refractivity contribution in [1.29, 1.82) is 0 Å². The molecule has 0 radical (unpaired) electrons. The van der Waals surface area contributed by atoms with Gasteiger partial charge in [-0.2, -0.15) is 0 Å². The highest BCUT2D eigenvalue weighted by molar-refractivity contribution is 7.16. The van der Waals surface area contributed by atoms with Gasteiger partial charge in [0.25, 0.3) is 5.56 Å². The Hall–Kier alpha value is -1.85. The lowest BCUT2D eigenvalue weighted by Gasteiger charge is -2.07. The molecule has 0 bridgehead atoms. The molecule has 0 spiro atoms. The van der Waals surface area contributed by atoms with Crippen molar-refractivity contribution >= 4 is 27.9 Å². The Bertz CT molecular complexity index is 870. The second kappa shape index (κ2) is 5.50. The number of nitrogens with zero attached hydrogens (tertiary/aromatic N) is 2. The maximum absolute atomic E-state index is 12.0. The Morgan fingerprint density at radius 1 is 1.33 bits per heavy atom. The van der Waals surface area contributed by atoms with Crippen LogP contribution in [0.15, 0.2) is 35.3 Å². The first-order valence-electron chi connectivity index (χ1n) is 6.40. The molecule has 0 amide bonds. The number of fused-ring (bicyclic) bond motifs is 1. The summed E-state index contributed by atoms with van der Waals surface area (Å²) in [5.74, 6) is 0.709. The number of rotatable bonds is 3. The van der Waals surface area contributed by atoms with Crippen molar-refractivity contribution in [1.82, 2.24) is 9.38 Å². The van der Waals surface area contributed by atoms with E-state index in [2.05, 4.69) is 4.98 Å². The van der Waals surface area contributed by atoms with E-state index < -0.39 is 0 Å². The minimum Gasteiger partial charge on any atom is -0.487 e. The lowest BCUT2D eigenvalue weighted by molar-refractivity contribution is 0.301. The van der Waals surface area contributed by atoms with Gasteiger partial charge in [0.15, 0.2) is 4.96 Å². The average molecular weight is 321 g/mol. The summed E-state index contributed by atoms with van der Waals surface area (Å²) in [7, 11) is 0. The van der Waals surface area contributed by atoms with Crippen molar-refractivity contribution < 1.29 is 4.74 Å². The monoisotopic (exact) mass is 320 g/mol. The van der Waals surface area contributed by atoms with Crippen LogP contribution in [0.4, 0.5) is 0 Å². The van der Waals surface area contributed by atoms with Crippen LogP contribution < -0.4 is 10.3 Å². The minimum atomic E-state index is -0.0877. The molecule has 0 aliphatic carbocycles. The van der Waals surface area contributed by atoms with Crippen molar-refractivity contribution in [3.63, 3.8) is 0 Å². The van der Waals surface area contributed by atoms with Crippen molar-refractivity contribution in [2.45, 2.75) is 20.5 Å². The molecule has 0 aliphatic heterocycles. The molecular weight excluding hydrogens is 308 g/mol. The van der Waals surface area contributed by atoms with Gasteiger partial charge in [0.1, 0.15) is 12.4 Å². The smallest absolute Gasteiger partial charge is 0.258 e. The summed E-state index contributed by atoms with van der Waals surface area (Å²) in [6.45, 7) is 4.12. The topological polar surface area (TPSA) is 43.6 Å². The first-order valence-corrected chi connectivity index (χ1v) is 7.60. The highest BCUT2D eigenvalue weighted by Crippen LogP contribution is 2.21. The van der Waals surface area contributed by atoms with Crippen LogP contribution in [-0.2, 0) is 6.61 Å². The van der Waals surface area contributed by atoms with Gasteiger partial charge in [0.05, 0.1) is 5.69 Å². The average Bonchev–Trinajstić information content (AvgIpc) is 2.81. The Labute approximate surface area is 130 Å². The SMILES string of the molecule is Cc1cn2c(=O)cc(COc3ccc(Cl)c(C)c3)nc2s1. The largest absolute Gasteiger partial charge is 0.487 e. The van der Waals surface area contributed by atoms with Gasteiger partial charge in [0, 0.05) is 22.2 Å². The molecule has 1 aromatic carbocycles. The van der Waals surface area contributed by atoms with Gasteiger partial charge < -0.3 is 4.74 Å². The summed E-state index contributed by atoms with van der Waals surface area (Å²) in [6, 6.07) is 6.96. The fourth-order valence-electron chi connectivity index (χ4n) is 2.00. The van der Waals surface area contributed by atoms with Crippen LogP contribution in [0.1, 0.15) is 16.1 Å². The van der Waals surface area contributed by atoms with E-state index in [0.29, 0.717) is 21.4 Å². The molecule has 0 N–H and O–H groups in total. The van der Waals surface area contributed by atoms with Gasteiger partial charge in [-0.3, -0.25) is 9.20 Å². The second-order valence-corrected chi connectivity index (χ2v) is 6.40. The highest BCUT2D eigenvalue weighted by Gasteiger charge is 2.06. The van der Waals surface area contributed by atoms with Crippen LogP contribution in [0, 0.1) is 13.8 Å². The van der Waals surface area contributed by atoms with E-state index in [-0.39, 0.29) is 12.2 Å². The maximum atomic E-state index is 12.0. The van der Waals surface area contributed by atoms with E-state index in [1.54, 1.807) is 22.7 Å². The van der Waals surface area contributed by atoms with Gasteiger partial charge >= 0.3 is 0 Å². The number of halogens is 1. The second-order valence-electron chi connectivity index (χ2n) is 4.78. The lowest BCUT2D eigenvalue weighted by Crippen LogP contribution is -2.14. The first kappa shape index (κ1) is 14.1. The molecule has 0 fully saturated rings. The molecule has 0 saturated carbocycles. The molecule has 4 nitrogen and oxygen atoms in total. The van der Waals surface area contributed by atoms with Gasteiger partial charge in [0.2, 0.25) is 0 Å². The molecule has 0 unspecified atom stereocenters. The van der Waals surface area contributed by atoms with E-state index in [1.165, 1.54) is 17.4 Å². The number of ether oxygens (including phenoxy) is 1. The molecule has 108 valence electrons. The van der Waals surface area contributed by atoms with Gasteiger partial charge in [-0.25, -0.2) is 4.98 Å². The number of aromatic nitrogens is 2. The summed E-state index contributed by atoms with van der Waals surface area (Å²) in [4.78, 5) is 18.2. The van der Waals surface area contributed by atoms with Crippen LogP contribution in [0.2, 0.25) is 5.02 Å². The number of hydrogen-bond acceptors (Lipinski definition) is 4. The third-order valence-corrected chi connectivity index (χ3v) is 4.37. The molecule has 6 heteroatoms. The Morgan fingerprint density at radius 3 is 2.90 bits per heavy atom. The van der Waals surface area contributed by atoms with Crippen LogP contribution in [0.25, 0.3) is 4.96 Å². The molecule has 0 saturated heterocycles. The van der Waals surface area contributed by atoms with Gasteiger partial charge in [-0.1, -0.05) is 11.6 Å². The zero-order valence-electron chi connectivity index (χ0n) is 11.6. The Balaban J connectivity index is 1.84. The predicted octanol–water partition coefficient (Wildman–Crippen LogP) is 3.61. The molecule has 3 aromatic rings. The molecule has 21 heavy (non-hydrogen) atoms. The molecule has 0 aliphatic rings. The zero-order chi connectivity index (χ0) is 15.0. The molecular formula is C15H13ClN2O2S. The first-order chi connectivity index (χ1) is 10.0. The zero-order valence-corrected chi connectivity index (χ0v) is 13.2. The van der Waals surface area contributed by atoms with Crippen molar-refractivity contribution in [2.24, 2.45) is 0 Å². The lowest BCUT2D eigenvalue weighted by atomic mass is 10.2. The van der Waals surface area contributed by atoms with Crippen molar-refractivity contribution in [3.8, 4) is 5.75 Å². The normalized spacial score (nSPS) is 11.0. The Morgan fingerprint density at radius 2 is 2.14 bits per heavy atom. The predicted molar refractivity (Wildman–Crippen MR) is 84.6 cm³/mol. The van der Waals surface area contributed by atoms with Crippen LogP contribution >= 0.6 is 22.9 Å². The quantitative estimate of drug-likeness (QED) is 0.740. The summed E-state index contributed by atoms with van der Waals surface area (Å²) in [5, 5.41) is 0.703. The standard InChI is InChI=1S/C15H13ClN2O2S/c1-9-5-12(3-4-13(9)16)20-8-11-6-14(19)18-7-10(2)21-15(18)17-11/h3-7H,8H2,1-2H3. The van der Waals surface area contributed by atoms with E-state index in [0.717, 1.165) is 10.4 Å². The number of thiazole rings is 1. The minimum absolute atomic E-state index is 0.0877. The highest BCUT2D eigenvalue weighted by atomic mass is 35.5. The molecule has 0 atom stereocenters. The number of aryl methyl sites for hydroxylation is 2. The fourth-order valence-corrected chi connectivity index (χ4v) is 2.96. The van der Waals surface area contributed by atoms with Crippen molar-refractivity contribution in [3.05, 3.63) is 62.0 Å². The summed E-state index contributed by atoms with van der Waals surface area (Å²) < 4.78 is 7.23. The third-order valence-electron chi connectivity index (χ3n) is 3.05. The molecule has 3 rings (SSSR count). The number of hydrogen-bond donors (Lipinski definition) is 0. The van der Waals surface area contributed by atoms with Crippen LogP contribution in [-0.4, -0.2) is 9.38 Å². The number of benzene rings is 1. The van der Waals surface area contributed by atoms with Gasteiger partial charge in [-0.15, -0.1) is 11.3 Å². The summed E-state index contributed by atoms with van der Waals surface area (Å²) >= 11 is 7.46. The van der Waals surface area contributed by atoms with Crippen LogP contribution in [0.3, 0.4) is 0 Å². The summed E-state index contributed by atoms with van der Waals surface area (Å²) in [5.41, 5.74) is 1.48. The van der Waals surface area contributed by atoms with Crippen molar-refractivity contribution in [2.75, 3.05) is 0 Å². The van der Waals surface area contributed by atoms with Gasteiger partial charge in [-0.05, 0) is 37.6 Å². The molecule has 2 aromatic heterocycles. The van der Waals surface area contributed by atoms with E-state index in [1.807, 2.05) is 19.9 Å². The third kappa shape index (κ3) is 2.94. The Kier molecular flexibility index (Phi) is 3.69. The van der Waals surface area contributed by atoms with Crippen LogP contribution in [0.5, 0.6) is 5.75 Å². The van der Waals surface area contributed by atoms with E-state index in [4.69, 9.17) is 16.3 Å². The summed E-state index contributed by atoms with van der Waals surface area (Å²) in [6.07, 6.45) is 1.79. The maximum Gasteiger partial charge on any atom is 0.258 e. The molecule has 2 heterocycles. The van der Waals surface area contributed by atoms with E-state index in [9.17, 15) is 4.79 Å². The van der Waals surface area contributed by atoms with E-state index >= 15 is 0 Å².